The van der Waals surface area contributed by atoms with E-state index in [0.717, 1.165) is 16.6 Å². The van der Waals surface area contributed by atoms with E-state index >= 15 is 0 Å². The number of nitrogens with zero attached hydrogens (tertiary/aromatic N) is 3. The first-order valence-corrected chi connectivity index (χ1v) is 6.84. The van der Waals surface area contributed by atoms with Crippen LogP contribution in [0.2, 0.25) is 0 Å². The molecule has 5 heteroatoms. The monoisotopic (exact) mass is 325 g/mol. The summed E-state index contributed by atoms with van der Waals surface area (Å²) < 4.78 is 1.08. The van der Waals surface area contributed by atoms with Gasteiger partial charge in [0, 0.05) is 36.0 Å². The predicted octanol–water partition coefficient (Wildman–Crippen LogP) is 3.61. The lowest BCUT2D eigenvalue weighted by Gasteiger charge is -2.17. The first-order valence-electron chi connectivity index (χ1n) is 5.51. The highest BCUT2D eigenvalue weighted by Gasteiger charge is 2.05. The van der Waals surface area contributed by atoms with Gasteiger partial charge in [-0.05, 0) is 17.7 Å². The van der Waals surface area contributed by atoms with Gasteiger partial charge in [0.1, 0.15) is 0 Å². The third-order valence-electron chi connectivity index (χ3n) is 2.52. The van der Waals surface area contributed by atoms with Crippen molar-refractivity contribution in [2.24, 2.45) is 0 Å². The molecule has 0 unspecified atom stereocenters. The van der Waals surface area contributed by atoms with Gasteiger partial charge in [-0.2, -0.15) is 0 Å². The van der Waals surface area contributed by atoms with E-state index in [4.69, 9.17) is 11.6 Å². The molecule has 1 aromatic heterocycles. The Hall–Kier alpha value is -1.13. The molecule has 94 valence electrons. The Morgan fingerprint density at radius 3 is 2.28 bits per heavy atom. The van der Waals surface area contributed by atoms with Crippen molar-refractivity contribution in [3.05, 3.63) is 52.3 Å². The van der Waals surface area contributed by atoms with Gasteiger partial charge in [-0.1, -0.05) is 28.1 Å². The van der Waals surface area contributed by atoms with Crippen LogP contribution in [-0.2, 0) is 12.4 Å². The average molecular weight is 327 g/mol. The highest BCUT2D eigenvalue weighted by atomic mass is 79.9. The number of halogens is 2. The minimum Gasteiger partial charge on any atom is -0.340 e. The Morgan fingerprint density at radius 1 is 1.11 bits per heavy atom. The molecule has 2 rings (SSSR count). The van der Waals surface area contributed by atoms with Gasteiger partial charge in [-0.15, -0.1) is 11.6 Å². The second-order valence-electron chi connectivity index (χ2n) is 4.01. The summed E-state index contributed by atoms with van der Waals surface area (Å²) in [5, 5.41) is 0. The summed E-state index contributed by atoms with van der Waals surface area (Å²) in [6.07, 6.45) is 3.51. The number of hydrogen-bond acceptors (Lipinski definition) is 3. The molecule has 0 aliphatic rings. The van der Waals surface area contributed by atoms with Crippen LogP contribution in [0.5, 0.6) is 0 Å². The molecule has 0 N–H and O–H groups in total. The van der Waals surface area contributed by atoms with Crippen molar-refractivity contribution in [2.75, 3.05) is 11.9 Å². The van der Waals surface area contributed by atoms with Gasteiger partial charge >= 0.3 is 0 Å². The summed E-state index contributed by atoms with van der Waals surface area (Å²) in [6, 6.07) is 8.21. The number of hydrogen-bond donors (Lipinski definition) is 0. The van der Waals surface area contributed by atoms with Crippen molar-refractivity contribution in [2.45, 2.75) is 12.4 Å². The van der Waals surface area contributed by atoms with Crippen molar-refractivity contribution in [1.29, 1.82) is 0 Å². The Kier molecular flexibility index (Phi) is 4.55. The third kappa shape index (κ3) is 3.43. The van der Waals surface area contributed by atoms with E-state index in [9.17, 15) is 0 Å². The number of aromatic nitrogens is 2. The molecule has 18 heavy (non-hydrogen) atoms. The molecule has 0 saturated heterocycles. The average Bonchev–Trinajstić information content (AvgIpc) is 2.41. The van der Waals surface area contributed by atoms with E-state index < -0.39 is 0 Å². The van der Waals surface area contributed by atoms with Gasteiger partial charge < -0.3 is 4.90 Å². The molecule has 3 nitrogen and oxygen atoms in total. The molecular weight excluding hydrogens is 314 g/mol. The molecular formula is C13H13BrClN3. The highest BCUT2D eigenvalue weighted by molar-refractivity contribution is 9.10. The van der Waals surface area contributed by atoms with Crippen molar-refractivity contribution < 1.29 is 0 Å². The first-order chi connectivity index (χ1) is 8.69. The summed E-state index contributed by atoms with van der Waals surface area (Å²) in [6.45, 7) is 0.771. The standard InChI is InChI=1S/C13H13BrClN3/c1-18(9-10-2-4-12(14)5-3-10)13-16-7-11(6-15)8-17-13/h2-5,7-8H,6,9H2,1H3. The number of alkyl halides is 1. The predicted molar refractivity (Wildman–Crippen MR) is 77.8 cm³/mol. The molecule has 0 spiro atoms. The van der Waals surface area contributed by atoms with Crippen molar-refractivity contribution >= 4 is 33.5 Å². The van der Waals surface area contributed by atoms with Crippen LogP contribution < -0.4 is 4.90 Å². The maximum Gasteiger partial charge on any atom is 0.225 e. The van der Waals surface area contributed by atoms with E-state index in [2.05, 4.69) is 38.0 Å². The van der Waals surface area contributed by atoms with E-state index in [-0.39, 0.29) is 0 Å². The maximum atomic E-state index is 5.71. The zero-order chi connectivity index (χ0) is 13.0. The van der Waals surface area contributed by atoms with Crippen LogP contribution in [0.15, 0.2) is 41.1 Å². The number of benzene rings is 1. The zero-order valence-corrected chi connectivity index (χ0v) is 12.3. The molecule has 0 aliphatic heterocycles. The Labute approximate surface area is 120 Å². The normalized spacial score (nSPS) is 10.4. The third-order valence-corrected chi connectivity index (χ3v) is 3.36. The van der Waals surface area contributed by atoms with Crippen LogP contribution in [0.4, 0.5) is 5.95 Å². The summed E-state index contributed by atoms with van der Waals surface area (Å²) in [5.41, 5.74) is 2.14. The zero-order valence-electron chi connectivity index (χ0n) is 9.98. The summed E-state index contributed by atoms with van der Waals surface area (Å²) in [4.78, 5) is 10.6. The van der Waals surface area contributed by atoms with Crippen LogP contribution >= 0.6 is 27.5 Å². The quantitative estimate of drug-likeness (QED) is 0.804. The van der Waals surface area contributed by atoms with Gasteiger partial charge in [-0.3, -0.25) is 0 Å². The second kappa shape index (κ2) is 6.16. The Balaban J connectivity index is 2.06. The molecule has 0 radical (unpaired) electrons. The molecule has 1 heterocycles. The molecule has 0 bridgehead atoms. The van der Waals surface area contributed by atoms with E-state index in [1.165, 1.54) is 5.56 Å². The van der Waals surface area contributed by atoms with Crippen LogP contribution in [0.25, 0.3) is 0 Å². The summed E-state index contributed by atoms with van der Waals surface area (Å²) in [7, 11) is 1.97. The molecule has 0 aliphatic carbocycles. The lowest BCUT2D eigenvalue weighted by molar-refractivity contribution is 0.863. The SMILES string of the molecule is CN(Cc1ccc(Br)cc1)c1ncc(CCl)cn1. The highest BCUT2D eigenvalue weighted by Crippen LogP contribution is 2.14. The van der Waals surface area contributed by atoms with Gasteiger partial charge in [-0.25, -0.2) is 9.97 Å². The van der Waals surface area contributed by atoms with E-state index in [1.807, 2.05) is 24.1 Å². The van der Waals surface area contributed by atoms with Crippen molar-refractivity contribution in [3.8, 4) is 0 Å². The molecule has 0 fully saturated rings. The smallest absolute Gasteiger partial charge is 0.225 e. The molecule has 0 saturated carbocycles. The topological polar surface area (TPSA) is 29.0 Å². The number of anilines is 1. The largest absolute Gasteiger partial charge is 0.340 e. The second-order valence-corrected chi connectivity index (χ2v) is 5.19. The fraction of sp³-hybridized carbons (Fsp3) is 0.231. The molecule has 2 aromatic rings. The summed E-state index contributed by atoms with van der Waals surface area (Å²) in [5.74, 6) is 1.14. The fourth-order valence-electron chi connectivity index (χ4n) is 1.55. The van der Waals surface area contributed by atoms with Crippen molar-refractivity contribution in [1.82, 2.24) is 9.97 Å². The Bertz CT molecular complexity index is 499. The number of rotatable bonds is 4. The lowest BCUT2D eigenvalue weighted by Crippen LogP contribution is -2.19. The van der Waals surface area contributed by atoms with E-state index in [1.54, 1.807) is 12.4 Å². The van der Waals surface area contributed by atoms with Gasteiger partial charge in [0.05, 0.1) is 5.88 Å². The van der Waals surface area contributed by atoms with Crippen molar-refractivity contribution in [3.63, 3.8) is 0 Å². The molecule has 1 aromatic carbocycles. The molecule has 0 atom stereocenters. The minimum absolute atomic E-state index is 0.441. The Morgan fingerprint density at radius 2 is 1.72 bits per heavy atom. The first kappa shape index (κ1) is 13.3. The van der Waals surface area contributed by atoms with Gasteiger partial charge in [0.2, 0.25) is 5.95 Å². The summed E-state index contributed by atoms with van der Waals surface area (Å²) >= 11 is 9.13. The van der Waals surface area contributed by atoms with Crippen LogP contribution in [0, 0.1) is 0 Å². The van der Waals surface area contributed by atoms with Gasteiger partial charge in [0.15, 0.2) is 0 Å². The fourth-order valence-corrected chi connectivity index (χ4v) is 1.95. The van der Waals surface area contributed by atoms with Crippen LogP contribution in [0.1, 0.15) is 11.1 Å². The van der Waals surface area contributed by atoms with E-state index in [0.29, 0.717) is 11.8 Å². The van der Waals surface area contributed by atoms with Crippen LogP contribution in [-0.4, -0.2) is 17.0 Å². The minimum atomic E-state index is 0.441. The maximum absolute atomic E-state index is 5.71. The van der Waals surface area contributed by atoms with Crippen LogP contribution in [0.3, 0.4) is 0 Å². The van der Waals surface area contributed by atoms with Gasteiger partial charge in [0.25, 0.3) is 0 Å². The molecule has 0 amide bonds. The lowest BCUT2D eigenvalue weighted by atomic mass is 10.2.